The third-order valence-corrected chi connectivity index (χ3v) is 3.88. The predicted molar refractivity (Wildman–Crippen MR) is 103 cm³/mol. The standard InChI is InChI=1S/C16H29N5O.HI/c1-5-17-16(21-10-6-7-13(4)11-21)18-9-8-14-19-15(12(2)3)20-22-14;/h12-13H,5-11H2,1-4H3,(H,17,18);1H. The summed E-state index contributed by atoms with van der Waals surface area (Å²) in [6.07, 6.45) is 3.25. The van der Waals surface area contributed by atoms with Gasteiger partial charge in [0.15, 0.2) is 11.8 Å². The Labute approximate surface area is 156 Å². The highest BCUT2D eigenvalue weighted by Gasteiger charge is 2.19. The zero-order chi connectivity index (χ0) is 15.9. The van der Waals surface area contributed by atoms with Crippen molar-refractivity contribution in [2.45, 2.75) is 52.9 Å². The Kier molecular flexibility index (Phi) is 8.86. The van der Waals surface area contributed by atoms with Crippen LogP contribution in [-0.4, -0.2) is 47.2 Å². The van der Waals surface area contributed by atoms with E-state index in [4.69, 9.17) is 9.52 Å². The van der Waals surface area contributed by atoms with Crippen molar-refractivity contribution in [3.05, 3.63) is 11.7 Å². The lowest BCUT2D eigenvalue weighted by Gasteiger charge is -2.33. The molecule has 0 aliphatic carbocycles. The first kappa shape index (κ1) is 20.2. The molecular formula is C16H30IN5O. The van der Waals surface area contributed by atoms with Crippen LogP contribution in [0.25, 0.3) is 0 Å². The van der Waals surface area contributed by atoms with E-state index in [1.165, 1.54) is 12.8 Å². The lowest BCUT2D eigenvalue weighted by atomic mass is 10.0. The highest BCUT2D eigenvalue weighted by Crippen LogP contribution is 2.15. The Morgan fingerprint density at radius 2 is 2.26 bits per heavy atom. The topological polar surface area (TPSA) is 66.5 Å². The molecule has 1 aliphatic rings. The van der Waals surface area contributed by atoms with Gasteiger partial charge in [-0.15, -0.1) is 24.0 Å². The molecule has 1 aromatic rings. The maximum absolute atomic E-state index is 5.27. The van der Waals surface area contributed by atoms with E-state index in [2.05, 4.69) is 48.1 Å². The molecule has 0 spiro atoms. The van der Waals surface area contributed by atoms with E-state index in [0.717, 1.165) is 37.3 Å². The number of rotatable bonds is 5. The average Bonchev–Trinajstić information content (AvgIpc) is 2.95. The Bertz CT molecular complexity index is 489. The van der Waals surface area contributed by atoms with Gasteiger partial charge in [0.05, 0.1) is 6.54 Å². The first-order valence-corrected chi connectivity index (χ1v) is 8.45. The molecule has 7 heteroatoms. The molecule has 0 amide bonds. The minimum Gasteiger partial charge on any atom is -0.357 e. The normalized spacial score (nSPS) is 18.9. The van der Waals surface area contributed by atoms with Crippen molar-refractivity contribution in [1.29, 1.82) is 0 Å². The summed E-state index contributed by atoms with van der Waals surface area (Å²) < 4.78 is 5.27. The van der Waals surface area contributed by atoms with Gasteiger partial charge >= 0.3 is 0 Å². The molecule has 1 saturated heterocycles. The van der Waals surface area contributed by atoms with E-state index in [9.17, 15) is 0 Å². The number of nitrogens with zero attached hydrogens (tertiary/aromatic N) is 4. The first-order chi connectivity index (χ1) is 10.6. The Morgan fingerprint density at radius 3 is 2.87 bits per heavy atom. The number of piperidine rings is 1. The average molecular weight is 435 g/mol. The highest BCUT2D eigenvalue weighted by atomic mass is 127. The van der Waals surface area contributed by atoms with Gasteiger partial charge in [-0.2, -0.15) is 4.98 Å². The maximum Gasteiger partial charge on any atom is 0.228 e. The summed E-state index contributed by atoms with van der Waals surface area (Å²) in [6, 6.07) is 0. The number of nitrogens with one attached hydrogen (secondary N) is 1. The van der Waals surface area contributed by atoms with Crippen molar-refractivity contribution >= 4 is 29.9 Å². The summed E-state index contributed by atoms with van der Waals surface area (Å²) in [4.78, 5) is 11.5. The quantitative estimate of drug-likeness (QED) is 0.438. The molecule has 1 aliphatic heterocycles. The summed E-state index contributed by atoms with van der Waals surface area (Å²) in [5.74, 6) is 3.50. The van der Waals surface area contributed by atoms with Crippen LogP contribution in [0.5, 0.6) is 0 Å². The second-order valence-electron chi connectivity index (χ2n) is 6.38. The Balaban J connectivity index is 0.00000264. The smallest absolute Gasteiger partial charge is 0.228 e. The molecule has 1 atom stereocenters. The van der Waals surface area contributed by atoms with Gasteiger partial charge in [-0.3, -0.25) is 4.99 Å². The molecule has 2 rings (SSSR count). The summed E-state index contributed by atoms with van der Waals surface area (Å²) in [5, 5.41) is 7.38. The number of hydrogen-bond donors (Lipinski definition) is 1. The number of hydrogen-bond acceptors (Lipinski definition) is 4. The lowest BCUT2D eigenvalue weighted by Crippen LogP contribution is -2.46. The molecule has 0 radical (unpaired) electrons. The Hall–Kier alpha value is -0.860. The molecular weight excluding hydrogens is 405 g/mol. The summed E-state index contributed by atoms with van der Waals surface area (Å²) in [7, 11) is 0. The molecule has 23 heavy (non-hydrogen) atoms. The van der Waals surface area contributed by atoms with E-state index < -0.39 is 0 Å². The molecule has 1 aromatic heterocycles. The second kappa shape index (κ2) is 10.1. The second-order valence-corrected chi connectivity index (χ2v) is 6.38. The number of aromatic nitrogens is 2. The van der Waals surface area contributed by atoms with Gasteiger partial charge in [0.2, 0.25) is 5.89 Å². The van der Waals surface area contributed by atoms with Gasteiger partial charge in [-0.05, 0) is 25.7 Å². The van der Waals surface area contributed by atoms with Crippen molar-refractivity contribution in [1.82, 2.24) is 20.4 Å². The van der Waals surface area contributed by atoms with Crippen molar-refractivity contribution in [3.8, 4) is 0 Å². The van der Waals surface area contributed by atoms with E-state index in [1.807, 2.05) is 0 Å². The lowest BCUT2D eigenvalue weighted by molar-refractivity contribution is 0.266. The fraction of sp³-hybridized carbons (Fsp3) is 0.812. The SMILES string of the molecule is CCNC(=NCCc1nc(C(C)C)no1)N1CCCC(C)C1.I. The van der Waals surface area contributed by atoms with Gasteiger partial charge < -0.3 is 14.7 Å². The molecule has 0 aromatic carbocycles. The van der Waals surface area contributed by atoms with Crippen LogP contribution in [-0.2, 0) is 6.42 Å². The van der Waals surface area contributed by atoms with Gasteiger partial charge in [0.25, 0.3) is 0 Å². The molecule has 6 nitrogen and oxygen atoms in total. The highest BCUT2D eigenvalue weighted by molar-refractivity contribution is 14.0. The van der Waals surface area contributed by atoms with Crippen LogP contribution in [0, 0.1) is 5.92 Å². The molecule has 1 unspecified atom stereocenters. The zero-order valence-electron chi connectivity index (χ0n) is 14.7. The van der Waals surface area contributed by atoms with Crippen molar-refractivity contribution in [2.75, 3.05) is 26.2 Å². The summed E-state index contributed by atoms with van der Waals surface area (Å²) >= 11 is 0. The number of halogens is 1. The van der Waals surface area contributed by atoms with Gasteiger partial charge in [-0.1, -0.05) is 25.9 Å². The number of likely N-dealkylation sites (tertiary alicyclic amines) is 1. The molecule has 132 valence electrons. The van der Waals surface area contributed by atoms with Gasteiger partial charge in [0.1, 0.15) is 0 Å². The third-order valence-electron chi connectivity index (χ3n) is 3.88. The first-order valence-electron chi connectivity index (χ1n) is 8.45. The van der Waals surface area contributed by atoms with Crippen LogP contribution >= 0.6 is 24.0 Å². The number of aliphatic imine (C=N–C) groups is 1. The predicted octanol–water partition coefficient (Wildman–Crippen LogP) is 3.05. The van der Waals surface area contributed by atoms with Crippen molar-refractivity contribution < 1.29 is 4.52 Å². The molecule has 1 fully saturated rings. The van der Waals surface area contributed by atoms with Crippen LogP contribution in [0.15, 0.2) is 9.52 Å². The third kappa shape index (κ3) is 6.27. The maximum atomic E-state index is 5.27. The number of guanidine groups is 1. The monoisotopic (exact) mass is 435 g/mol. The van der Waals surface area contributed by atoms with Crippen molar-refractivity contribution in [2.24, 2.45) is 10.9 Å². The van der Waals surface area contributed by atoms with E-state index in [0.29, 0.717) is 24.8 Å². The fourth-order valence-electron chi connectivity index (χ4n) is 2.67. The van der Waals surface area contributed by atoms with Crippen LogP contribution in [0.2, 0.25) is 0 Å². The van der Waals surface area contributed by atoms with Crippen molar-refractivity contribution in [3.63, 3.8) is 0 Å². The molecule has 2 heterocycles. The van der Waals surface area contributed by atoms with E-state index in [-0.39, 0.29) is 24.0 Å². The van der Waals surface area contributed by atoms with E-state index in [1.54, 1.807) is 0 Å². The van der Waals surface area contributed by atoms with E-state index >= 15 is 0 Å². The molecule has 1 N–H and O–H groups in total. The van der Waals surface area contributed by atoms with Crippen LogP contribution in [0.3, 0.4) is 0 Å². The minimum atomic E-state index is 0. The Morgan fingerprint density at radius 1 is 1.48 bits per heavy atom. The fourth-order valence-corrected chi connectivity index (χ4v) is 2.67. The summed E-state index contributed by atoms with van der Waals surface area (Å²) in [6.45, 7) is 12.3. The molecule has 0 saturated carbocycles. The van der Waals surface area contributed by atoms with Gasteiger partial charge in [0, 0.05) is 32.0 Å². The molecule has 0 bridgehead atoms. The van der Waals surface area contributed by atoms with Crippen LogP contribution < -0.4 is 5.32 Å². The minimum absolute atomic E-state index is 0. The largest absolute Gasteiger partial charge is 0.357 e. The van der Waals surface area contributed by atoms with Crippen LogP contribution in [0.4, 0.5) is 0 Å². The van der Waals surface area contributed by atoms with Gasteiger partial charge in [-0.25, -0.2) is 0 Å². The zero-order valence-corrected chi connectivity index (χ0v) is 17.0. The van der Waals surface area contributed by atoms with Crippen LogP contribution in [0.1, 0.15) is 58.2 Å². The summed E-state index contributed by atoms with van der Waals surface area (Å²) in [5.41, 5.74) is 0.